The minimum atomic E-state index is -3.33. The third kappa shape index (κ3) is 3.40. The molecule has 2 rings (SSSR count). The Hall–Kier alpha value is -0.720. The first-order valence-electron chi connectivity index (χ1n) is 6.01. The van der Waals surface area contributed by atoms with Gasteiger partial charge in [0.25, 0.3) is 0 Å². The zero-order valence-corrected chi connectivity index (χ0v) is 12.0. The molecule has 0 aromatic heterocycles. The van der Waals surface area contributed by atoms with E-state index in [1.165, 1.54) is 25.6 Å². The molecule has 6 heteroatoms. The smallest absolute Gasteiger partial charge is 0.240 e. The van der Waals surface area contributed by atoms with Gasteiger partial charge in [0.2, 0.25) is 10.0 Å². The first kappa shape index (κ1) is 13.7. The molecule has 2 N–H and O–H groups in total. The van der Waals surface area contributed by atoms with E-state index in [4.69, 9.17) is 0 Å². The molecule has 1 aliphatic rings. The Kier molecular flexibility index (Phi) is 4.53. The van der Waals surface area contributed by atoms with Crippen LogP contribution in [0.3, 0.4) is 0 Å². The molecule has 4 nitrogen and oxygen atoms in total. The van der Waals surface area contributed by atoms with E-state index in [1.807, 2.05) is 23.9 Å². The normalized spacial score (nSPS) is 19.9. The van der Waals surface area contributed by atoms with Crippen LogP contribution >= 0.6 is 11.8 Å². The number of hydrogen-bond donors (Lipinski definition) is 2. The lowest BCUT2D eigenvalue weighted by atomic mass is 10.2. The maximum absolute atomic E-state index is 11.5. The molecular weight excluding hydrogens is 268 g/mol. The second-order valence-corrected chi connectivity index (χ2v) is 7.54. The van der Waals surface area contributed by atoms with Gasteiger partial charge in [-0.1, -0.05) is 0 Å². The summed E-state index contributed by atoms with van der Waals surface area (Å²) in [5.41, 5.74) is 0.970. The minimum Gasteiger partial charge on any atom is -0.384 e. The molecule has 1 aliphatic heterocycles. The lowest BCUT2D eigenvalue weighted by molar-refractivity contribution is 0.588. The van der Waals surface area contributed by atoms with Gasteiger partial charge in [0, 0.05) is 17.5 Å². The van der Waals surface area contributed by atoms with E-state index in [9.17, 15) is 8.42 Å². The molecule has 100 valence electrons. The maximum atomic E-state index is 11.5. The van der Waals surface area contributed by atoms with Gasteiger partial charge in [0.05, 0.1) is 4.90 Å². The van der Waals surface area contributed by atoms with Crippen LogP contribution < -0.4 is 10.0 Å². The van der Waals surface area contributed by atoms with E-state index < -0.39 is 10.0 Å². The summed E-state index contributed by atoms with van der Waals surface area (Å²) in [6, 6.07) is 6.86. The van der Waals surface area contributed by atoms with Gasteiger partial charge >= 0.3 is 0 Å². The molecule has 1 saturated heterocycles. The second-order valence-electron chi connectivity index (χ2n) is 4.25. The third-order valence-electron chi connectivity index (χ3n) is 2.99. The molecule has 1 unspecified atom stereocenters. The van der Waals surface area contributed by atoms with Crippen LogP contribution in [-0.4, -0.2) is 33.0 Å². The highest BCUT2D eigenvalue weighted by Crippen LogP contribution is 2.26. The Labute approximate surface area is 113 Å². The third-order valence-corrected chi connectivity index (χ3v) is 5.82. The van der Waals surface area contributed by atoms with Gasteiger partial charge in [-0.05, 0) is 49.9 Å². The fourth-order valence-corrected chi connectivity index (χ4v) is 3.84. The highest BCUT2D eigenvalue weighted by Gasteiger charge is 2.15. The van der Waals surface area contributed by atoms with E-state index in [0.717, 1.165) is 12.2 Å². The predicted octanol–water partition coefficient (Wildman–Crippen LogP) is 1.90. The highest BCUT2D eigenvalue weighted by molar-refractivity contribution is 8.00. The number of thioether (sulfide) groups is 1. The second kappa shape index (κ2) is 5.95. The standard InChI is InChI=1S/C12H18N2O2S2/c1-13-18(15,16)12-6-4-10(5-7-12)14-9-11-3-2-8-17-11/h4-7,11,13-14H,2-3,8-9H2,1H3. The van der Waals surface area contributed by atoms with Crippen molar-refractivity contribution in [3.05, 3.63) is 24.3 Å². The van der Waals surface area contributed by atoms with Crippen LogP contribution in [0.1, 0.15) is 12.8 Å². The Balaban J connectivity index is 1.95. The van der Waals surface area contributed by atoms with Gasteiger partial charge in [-0.25, -0.2) is 13.1 Å². The van der Waals surface area contributed by atoms with Gasteiger partial charge in [-0.2, -0.15) is 11.8 Å². The number of sulfonamides is 1. The summed E-state index contributed by atoms with van der Waals surface area (Å²) >= 11 is 2.00. The molecule has 1 fully saturated rings. The molecule has 0 spiro atoms. The molecule has 0 amide bonds. The molecule has 1 atom stereocenters. The monoisotopic (exact) mass is 286 g/mol. The van der Waals surface area contributed by atoms with Crippen LogP contribution in [0.4, 0.5) is 5.69 Å². The Morgan fingerprint density at radius 2 is 2.06 bits per heavy atom. The van der Waals surface area contributed by atoms with Crippen molar-refractivity contribution < 1.29 is 8.42 Å². The fourth-order valence-electron chi connectivity index (χ4n) is 1.91. The lowest BCUT2D eigenvalue weighted by Gasteiger charge is -2.11. The van der Waals surface area contributed by atoms with Gasteiger partial charge < -0.3 is 5.32 Å². The zero-order chi connectivity index (χ0) is 13.0. The summed E-state index contributed by atoms with van der Waals surface area (Å²) < 4.78 is 25.4. The van der Waals surface area contributed by atoms with Crippen LogP contribution in [-0.2, 0) is 10.0 Å². The fraction of sp³-hybridized carbons (Fsp3) is 0.500. The molecule has 1 heterocycles. The van der Waals surface area contributed by atoms with Gasteiger partial charge in [-0.15, -0.1) is 0 Å². The minimum absolute atomic E-state index is 0.297. The average Bonchev–Trinajstić information content (AvgIpc) is 2.90. The van der Waals surface area contributed by atoms with Crippen LogP contribution in [0, 0.1) is 0 Å². The summed E-state index contributed by atoms with van der Waals surface area (Å²) in [5.74, 6) is 1.26. The summed E-state index contributed by atoms with van der Waals surface area (Å²) in [6.07, 6.45) is 2.57. The summed E-state index contributed by atoms with van der Waals surface area (Å²) in [4.78, 5) is 0.297. The summed E-state index contributed by atoms with van der Waals surface area (Å²) in [5, 5.41) is 4.03. The van der Waals surface area contributed by atoms with Gasteiger partial charge in [0.1, 0.15) is 0 Å². The topological polar surface area (TPSA) is 58.2 Å². The van der Waals surface area contributed by atoms with Crippen LogP contribution in [0.2, 0.25) is 0 Å². The Bertz CT molecular complexity index is 479. The number of nitrogens with one attached hydrogen (secondary N) is 2. The van der Waals surface area contributed by atoms with Crippen LogP contribution in [0.5, 0.6) is 0 Å². The Morgan fingerprint density at radius 3 is 2.61 bits per heavy atom. The van der Waals surface area contributed by atoms with Crippen LogP contribution in [0.25, 0.3) is 0 Å². The molecule has 0 radical (unpaired) electrons. The van der Waals surface area contributed by atoms with Crippen molar-refractivity contribution in [1.82, 2.24) is 4.72 Å². The van der Waals surface area contributed by atoms with Crippen LogP contribution in [0.15, 0.2) is 29.2 Å². The number of anilines is 1. The van der Waals surface area contributed by atoms with E-state index in [-0.39, 0.29) is 0 Å². The maximum Gasteiger partial charge on any atom is 0.240 e. The van der Waals surface area contributed by atoms with Crippen molar-refractivity contribution in [2.75, 3.05) is 24.7 Å². The van der Waals surface area contributed by atoms with Gasteiger partial charge in [-0.3, -0.25) is 0 Å². The van der Waals surface area contributed by atoms with Crippen molar-refractivity contribution in [1.29, 1.82) is 0 Å². The lowest BCUT2D eigenvalue weighted by Crippen LogP contribution is -2.18. The first-order valence-corrected chi connectivity index (χ1v) is 8.54. The predicted molar refractivity (Wildman–Crippen MR) is 76.7 cm³/mol. The average molecular weight is 286 g/mol. The molecular formula is C12H18N2O2S2. The van der Waals surface area contributed by atoms with Crippen molar-refractivity contribution in [2.24, 2.45) is 0 Å². The molecule has 0 bridgehead atoms. The van der Waals surface area contributed by atoms with E-state index in [2.05, 4.69) is 10.0 Å². The molecule has 1 aromatic carbocycles. The molecule has 18 heavy (non-hydrogen) atoms. The first-order chi connectivity index (χ1) is 8.62. The number of benzene rings is 1. The largest absolute Gasteiger partial charge is 0.384 e. The van der Waals surface area contributed by atoms with E-state index >= 15 is 0 Å². The van der Waals surface area contributed by atoms with Gasteiger partial charge in [0.15, 0.2) is 0 Å². The van der Waals surface area contributed by atoms with Crippen molar-refractivity contribution in [3.8, 4) is 0 Å². The summed E-state index contributed by atoms with van der Waals surface area (Å²) in [7, 11) is -1.91. The van der Waals surface area contributed by atoms with E-state index in [0.29, 0.717) is 10.1 Å². The van der Waals surface area contributed by atoms with Crippen molar-refractivity contribution in [3.63, 3.8) is 0 Å². The van der Waals surface area contributed by atoms with Crippen molar-refractivity contribution >= 4 is 27.5 Å². The Morgan fingerprint density at radius 1 is 1.33 bits per heavy atom. The molecule has 0 aliphatic carbocycles. The number of rotatable bonds is 5. The zero-order valence-electron chi connectivity index (χ0n) is 10.3. The van der Waals surface area contributed by atoms with E-state index in [1.54, 1.807) is 12.1 Å². The SMILES string of the molecule is CNS(=O)(=O)c1ccc(NCC2CCCS2)cc1. The number of hydrogen-bond acceptors (Lipinski definition) is 4. The quantitative estimate of drug-likeness (QED) is 0.868. The molecule has 0 saturated carbocycles. The molecule has 1 aromatic rings. The van der Waals surface area contributed by atoms with Crippen molar-refractivity contribution in [2.45, 2.75) is 23.0 Å². The summed E-state index contributed by atoms with van der Waals surface area (Å²) in [6.45, 7) is 0.947. The highest BCUT2D eigenvalue weighted by atomic mass is 32.2.